The highest BCUT2D eigenvalue weighted by Gasteiger charge is 2.11. The molecule has 0 aliphatic rings. The molecule has 24 heavy (non-hydrogen) atoms. The molecular formula is C16H13BrClN5O. The van der Waals surface area contributed by atoms with Crippen molar-refractivity contribution in [1.82, 2.24) is 25.5 Å². The Hall–Kier alpha value is -2.25. The second kappa shape index (κ2) is 7.55. The Bertz CT molecular complexity index is 850. The summed E-state index contributed by atoms with van der Waals surface area (Å²) in [7, 11) is 0. The molecule has 8 heteroatoms. The molecule has 1 aromatic heterocycles. The molecule has 0 fully saturated rings. The molecule has 3 aromatic rings. The van der Waals surface area contributed by atoms with Crippen LogP contribution in [-0.4, -0.2) is 26.1 Å². The maximum Gasteiger partial charge on any atom is 0.243 e. The summed E-state index contributed by atoms with van der Waals surface area (Å²) >= 11 is 9.27. The first-order valence-corrected chi connectivity index (χ1v) is 8.33. The van der Waals surface area contributed by atoms with Gasteiger partial charge in [0.15, 0.2) is 0 Å². The molecule has 0 spiro atoms. The molecule has 1 heterocycles. The van der Waals surface area contributed by atoms with Gasteiger partial charge in [-0.1, -0.05) is 51.8 Å². The number of carbonyl (C=O) groups excluding carboxylic acids is 1. The fraction of sp³-hybridized carbons (Fsp3) is 0.125. The number of hydrogen-bond acceptors (Lipinski definition) is 4. The van der Waals surface area contributed by atoms with E-state index in [0.717, 1.165) is 15.6 Å². The summed E-state index contributed by atoms with van der Waals surface area (Å²) in [6, 6.07) is 14.9. The third kappa shape index (κ3) is 4.18. The van der Waals surface area contributed by atoms with Gasteiger partial charge in [-0.2, -0.15) is 4.80 Å². The van der Waals surface area contributed by atoms with Crippen molar-refractivity contribution in [2.45, 2.75) is 13.1 Å². The van der Waals surface area contributed by atoms with Gasteiger partial charge in [0.1, 0.15) is 6.54 Å². The topological polar surface area (TPSA) is 72.7 Å². The lowest BCUT2D eigenvalue weighted by atomic mass is 10.2. The Kier molecular flexibility index (Phi) is 5.22. The Balaban J connectivity index is 1.59. The number of carbonyl (C=O) groups is 1. The highest BCUT2D eigenvalue weighted by atomic mass is 79.9. The fourth-order valence-corrected chi connectivity index (χ4v) is 2.64. The third-order valence-electron chi connectivity index (χ3n) is 3.26. The van der Waals surface area contributed by atoms with Crippen LogP contribution >= 0.6 is 27.5 Å². The zero-order valence-electron chi connectivity index (χ0n) is 12.5. The standard InChI is InChI=1S/C16H13BrClN5O/c17-14-4-2-1-3-13(14)16-20-22-23(21-16)10-15(24)19-9-11-5-7-12(18)8-6-11/h1-8H,9-10H2,(H,19,24). The molecule has 0 saturated heterocycles. The van der Waals surface area contributed by atoms with Crippen LogP contribution < -0.4 is 5.32 Å². The lowest BCUT2D eigenvalue weighted by Gasteiger charge is -2.04. The monoisotopic (exact) mass is 405 g/mol. The molecule has 1 N–H and O–H groups in total. The summed E-state index contributed by atoms with van der Waals surface area (Å²) in [5.74, 6) is 0.272. The first-order valence-electron chi connectivity index (χ1n) is 7.15. The van der Waals surface area contributed by atoms with E-state index in [1.165, 1.54) is 4.80 Å². The smallest absolute Gasteiger partial charge is 0.243 e. The second-order valence-corrected chi connectivity index (χ2v) is 6.32. The van der Waals surface area contributed by atoms with E-state index in [-0.39, 0.29) is 12.5 Å². The molecule has 0 atom stereocenters. The zero-order chi connectivity index (χ0) is 16.9. The quantitative estimate of drug-likeness (QED) is 0.707. The summed E-state index contributed by atoms with van der Waals surface area (Å²) in [6.07, 6.45) is 0. The molecular weight excluding hydrogens is 394 g/mol. The average Bonchev–Trinajstić information content (AvgIpc) is 3.03. The van der Waals surface area contributed by atoms with Crippen LogP contribution in [0.4, 0.5) is 0 Å². The molecule has 0 aliphatic carbocycles. The Morgan fingerprint density at radius 3 is 2.67 bits per heavy atom. The van der Waals surface area contributed by atoms with Crippen molar-refractivity contribution in [2.24, 2.45) is 0 Å². The van der Waals surface area contributed by atoms with Crippen LogP contribution in [0.25, 0.3) is 11.4 Å². The van der Waals surface area contributed by atoms with Crippen molar-refractivity contribution >= 4 is 33.4 Å². The molecule has 0 saturated carbocycles. The first-order chi connectivity index (χ1) is 11.6. The van der Waals surface area contributed by atoms with Crippen LogP contribution in [0.5, 0.6) is 0 Å². The molecule has 0 unspecified atom stereocenters. The molecule has 2 aromatic carbocycles. The van der Waals surface area contributed by atoms with Gasteiger partial charge in [-0.05, 0) is 35.0 Å². The Morgan fingerprint density at radius 1 is 1.17 bits per heavy atom. The minimum absolute atomic E-state index is 0.00500. The summed E-state index contributed by atoms with van der Waals surface area (Å²) in [4.78, 5) is 13.3. The first kappa shape index (κ1) is 16.6. The number of halogens is 2. The molecule has 0 aliphatic heterocycles. The van der Waals surface area contributed by atoms with E-state index in [4.69, 9.17) is 11.6 Å². The highest BCUT2D eigenvalue weighted by Crippen LogP contribution is 2.24. The molecule has 3 rings (SSSR count). The maximum absolute atomic E-state index is 12.0. The highest BCUT2D eigenvalue weighted by molar-refractivity contribution is 9.10. The fourth-order valence-electron chi connectivity index (χ4n) is 2.05. The van der Waals surface area contributed by atoms with Gasteiger partial charge in [-0.3, -0.25) is 4.79 Å². The Labute approximate surface area is 152 Å². The number of nitrogens with one attached hydrogen (secondary N) is 1. The van der Waals surface area contributed by atoms with E-state index >= 15 is 0 Å². The van der Waals surface area contributed by atoms with Gasteiger partial charge in [-0.15, -0.1) is 10.2 Å². The van der Waals surface area contributed by atoms with Crippen LogP contribution in [0.15, 0.2) is 53.0 Å². The van der Waals surface area contributed by atoms with E-state index in [2.05, 4.69) is 36.7 Å². The number of benzene rings is 2. The normalized spacial score (nSPS) is 10.6. The number of tetrazole rings is 1. The predicted octanol–water partition coefficient (Wildman–Crippen LogP) is 3.07. The van der Waals surface area contributed by atoms with E-state index in [9.17, 15) is 4.79 Å². The third-order valence-corrected chi connectivity index (χ3v) is 4.20. The van der Waals surface area contributed by atoms with Gasteiger partial charge in [0.05, 0.1) is 0 Å². The predicted molar refractivity (Wildman–Crippen MR) is 94.3 cm³/mol. The summed E-state index contributed by atoms with van der Waals surface area (Å²) in [6.45, 7) is 0.423. The van der Waals surface area contributed by atoms with E-state index < -0.39 is 0 Å². The van der Waals surface area contributed by atoms with Gasteiger partial charge in [0.25, 0.3) is 0 Å². The second-order valence-electron chi connectivity index (χ2n) is 5.03. The number of hydrogen-bond donors (Lipinski definition) is 1. The van der Waals surface area contributed by atoms with Crippen LogP contribution in [0.3, 0.4) is 0 Å². The summed E-state index contributed by atoms with van der Waals surface area (Å²) in [5.41, 5.74) is 1.79. The van der Waals surface area contributed by atoms with Crippen molar-refractivity contribution in [2.75, 3.05) is 0 Å². The lowest BCUT2D eigenvalue weighted by Crippen LogP contribution is -2.28. The van der Waals surface area contributed by atoms with Crippen LogP contribution in [0, 0.1) is 0 Å². The van der Waals surface area contributed by atoms with Crippen molar-refractivity contribution < 1.29 is 4.79 Å². The SMILES string of the molecule is O=C(Cn1nnc(-c2ccccc2Br)n1)NCc1ccc(Cl)cc1. The lowest BCUT2D eigenvalue weighted by molar-refractivity contribution is -0.122. The number of rotatable bonds is 5. The minimum Gasteiger partial charge on any atom is -0.350 e. The van der Waals surface area contributed by atoms with Gasteiger partial charge < -0.3 is 5.32 Å². The number of amides is 1. The van der Waals surface area contributed by atoms with E-state index in [0.29, 0.717) is 17.4 Å². The number of nitrogens with zero attached hydrogens (tertiary/aromatic N) is 4. The molecule has 6 nitrogen and oxygen atoms in total. The molecule has 122 valence electrons. The van der Waals surface area contributed by atoms with Gasteiger partial charge >= 0.3 is 0 Å². The largest absolute Gasteiger partial charge is 0.350 e. The maximum atomic E-state index is 12.0. The van der Waals surface area contributed by atoms with Crippen molar-refractivity contribution in [3.05, 3.63) is 63.6 Å². The molecule has 1 amide bonds. The van der Waals surface area contributed by atoms with Crippen molar-refractivity contribution in [3.63, 3.8) is 0 Å². The average molecular weight is 407 g/mol. The Morgan fingerprint density at radius 2 is 1.92 bits per heavy atom. The zero-order valence-corrected chi connectivity index (χ0v) is 14.8. The number of aromatic nitrogens is 4. The van der Waals surface area contributed by atoms with E-state index in [1.807, 2.05) is 36.4 Å². The van der Waals surface area contributed by atoms with Crippen LogP contribution in [0.2, 0.25) is 5.02 Å². The van der Waals surface area contributed by atoms with Crippen LogP contribution in [-0.2, 0) is 17.9 Å². The summed E-state index contributed by atoms with van der Waals surface area (Å²) < 4.78 is 0.872. The van der Waals surface area contributed by atoms with E-state index in [1.54, 1.807) is 12.1 Å². The van der Waals surface area contributed by atoms with Gasteiger partial charge in [0.2, 0.25) is 11.7 Å². The van der Waals surface area contributed by atoms with Crippen molar-refractivity contribution in [1.29, 1.82) is 0 Å². The molecule has 0 bridgehead atoms. The van der Waals surface area contributed by atoms with Gasteiger partial charge in [0, 0.05) is 21.6 Å². The summed E-state index contributed by atoms with van der Waals surface area (Å²) in [5, 5.41) is 15.6. The molecule has 0 radical (unpaired) electrons. The minimum atomic E-state index is -0.193. The van der Waals surface area contributed by atoms with Gasteiger partial charge in [-0.25, -0.2) is 0 Å². The van der Waals surface area contributed by atoms with Crippen LogP contribution in [0.1, 0.15) is 5.56 Å². The van der Waals surface area contributed by atoms with Crippen molar-refractivity contribution in [3.8, 4) is 11.4 Å².